The molecule has 0 bridgehead atoms. The third-order valence-corrected chi connectivity index (χ3v) is 3.00. The van der Waals surface area contributed by atoms with Gasteiger partial charge in [-0.25, -0.2) is 0 Å². The summed E-state index contributed by atoms with van der Waals surface area (Å²) in [6.45, 7) is 0.874. The summed E-state index contributed by atoms with van der Waals surface area (Å²) in [7, 11) is 5.89. The van der Waals surface area contributed by atoms with Gasteiger partial charge in [0.05, 0.1) is 5.69 Å². The van der Waals surface area contributed by atoms with Crippen LogP contribution >= 0.6 is 0 Å². The van der Waals surface area contributed by atoms with Gasteiger partial charge >= 0.3 is 0 Å². The average Bonchev–Trinajstić information content (AvgIpc) is 2.82. The van der Waals surface area contributed by atoms with Crippen molar-refractivity contribution in [3.05, 3.63) is 59.4 Å². The standard InChI is InChI=1S/C16H19N3O/c1-18(2)12-13-4-6-14(7-5-13)16(20)9-8-15-10-11-17-19(15)3/h4-11H,12H2,1-3H3/b9-8+. The average molecular weight is 269 g/mol. The van der Waals surface area contributed by atoms with Gasteiger partial charge in [-0.15, -0.1) is 0 Å². The Kier molecular flexibility index (Phi) is 4.48. The van der Waals surface area contributed by atoms with Crippen LogP contribution in [0.4, 0.5) is 0 Å². The predicted molar refractivity (Wildman–Crippen MR) is 80.4 cm³/mol. The van der Waals surface area contributed by atoms with Gasteiger partial charge in [0, 0.05) is 25.4 Å². The molecule has 4 heteroatoms. The number of rotatable bonds is 5. The van der Waals surface area contributed by atoms with Crippen LogP contribution in [-0.4, -0.2) is 34.6 Å². The Balaban J connectivity index is 2.06. The summed E-state index contributed by atoms with van der Waals surface area (Å²) in [5.41, 5.74) is 2.80. The van der Waals surface area contributed by atoms with Gasteiger partial charge in [0.1, 0.15) is 0 Å². The minimum Gasteiger partial charge on any atom is -0.305 e. The number of carbonyl (C=O) groups is 1. The first kappa shape index (κ1) is 14.2. The Morgan fingerprint density at radius 1 is 1.25 bits per heavy atom. The van der Waals surface area contributed by atoms with Crippen LogP contribution in [0.25, 0.3) is 6.08 Å². The van der Waals surface area contributed by atoms with Gasteiger partial charge in [0.25, 0.3) is 0 Å². The fourth-order valence-corrected chi connectivity index (χ4v) is 1.94. The van der Waals surface area contributed by atoms with Crippen LogP contribution in [0.5, 0.6) is 0 Å². The molecule has 0 atom stereocenters. The van der Waals surface area contributed by atoms with E-state index < -0.39 is 0 Å². The number of allylic oxidation sites excluding steroid dienone is 1. The van der Waals surface area contributed by atoms with Crippen LogP contribution < -0.4 is 0 Å². The molecule has 0 aliphatic rings. The van der Waals surface area contributed by atoms with Crippen LogP contribution in [0.3, 0.4) is 0 Å². The zero-order valence-corrected chi connectivity index (χ0v) is 12.1. The second-order valence-electron chi connectivity index (χ2n) is 5.01. The quantitative estimate of drug-likeness (QED) is 0.618. The molecule has 0 spiro atoms. The Morgan fingerprint density at radius 2 is 1.95 bits per heavy atom. The number of ketones is 1. The van der Waals surface area contributed by atoms with Crippen LogP contribution in [0.15, 0.2) is 42.6 Å². The minimum atomic E-state index is 0.00241. The number of carbonyl (C=O) groups excluding carboxylic acids is 1. The molecule has 0 radical (unpaired) electrons. The van der Waals surface area contributed by atoms with Gasteiger partial charge in [-0.3, -0.25) is 9.48 Å². The van der Waals surface area contributed by atoms with Gasteiger partial charge in [-0.2, -0.15) is 5.10 Å². The summed E-state index contributed by atoms with van der Waals surface area (Å²) in [5, 5.41) is 4.06. The van der Waals surface area contributed by atoms with Crippen molar-refractivity contribution in [3.63, 3.8) is 0 Å². The van der Waals surface area contributed by atoms with E-state index in [0.717, 1.165) is 12.2 Å². The van der Waals surface area contributed by atoms with Crippen molar-refractivity contribution in [1.82, 2.24) is 14.7 Å². The zero-order chi connectivity index (χ0) is 14.5. The van der Waals surface area contributed by atoms with Crippen molar-refractivity contribution in [2.75, 3.05) is 14.1 Å². The van der Waals surface area contributed by atoms with E-state index in [2.05, 4.69) is 10.00 Å². The van der Waals surface area contributed by atoms with Crippen LogP contribution in [0.1, 0.15) is 21.6 Å². The van der Waals surface area contributed by atoms with E-state index in [1.807, 2.05) is 51.5 Å². The Bertz CT molecular complexity index is 609. The van der Waals surface area contributed by atoms with E-state index >= 15 is 0 Å². The molecular weight excluding hydrogens is 250 g/mol. The first-order valence-electron chi connectivity index (χ1n) is 6.50. The first-order chi connectivity index (χ1) is 9.56. The fourth-order valence-electron chi connectivity index (χ4n) is 1.94. The second kappa shape index (κ2) is 6.30. The molecule has 0 amide bonds. The van der Waals surface area contributed by atoms with Crippen molar-refractivity contribution in [2.24, 2.45) is 7.05 Å². The zero-order valence-electron chi connectivity index (χ0n) is 12.1. The van der Waals surface area contributed by atoms with Gasteiger partial charge in [0.2, 0.25) is 0 Å². The third kappa shape index (κ3) is 3.65. The molecule has 0 aliphatic heterocycles. The van der Waals surface area contributed by atoms with Crippen LogP contribution in [-0.2, 0) is 13.6 Å². The topological polar surface area (TPSA) is 38.1 Å². The minimum absolute atomic E-state index is 0.00241. The molecule has 2 aromatic rings. The highest BCUT2D eigenvalue weighted by Gasteiger charge is 2.03. The monoisotopic (exact) mass is 269 g/mol. The summed E-state index contributed by atoms with van der Waals surface area (Å²) >= 11 is 0. The molecule has 1 aromatic heterocycles. The summed E-state index contributed by atoms with van der Waals surface area (Å²) in [5.74, 6) is 0.00241. The summed E-state index contributed by atoms with van der Waals surface area (Å²) in [6.07, 6.45) is 5.07. The van der Waals surface area contributed by atoms with Gasteiger partial charge < -0.3 is 4.90 Å². The van der Waals surface area contributed by atoms with Gasteiger partial charge in [-0.05, 0) is 37.9 Å². The molecule has 0 N–H and O–H groups in total. The highest BCUT2D eigenvalue weighted by atomic mass is 16.1. The molecule has 0 aliphatic carbocycles. The molecule has 2 rings (SSSR count). The maximum Gasteiger partial charge on any atom is 0.185 e. The molecular formula is C16H19N3O. The van der Waals surface area contributed by atoms with E-state index in [-0.39, 0.29) is 5.78 Å². The number of hydrogen-bond acceptors (Lipinski definition) is 3. The maximum absolute atomic E-state index is 12.1. The fraction of sp³-hybridized carbons (Fsp3) is 0.250. The van der Waals surface area contributed by atoms with Crippen molar-refractivity contribution in [1.29, 1.82) is 0 Å². The first-order valence-corrected chi connectivity index (χ1v) is 6.50. The van der Waals surface area contributed by atoms with Crippen molar-refractivity contribution in [3.8, 4) is 0 Å². The lowest BCUT2D eigenvalue weighted by Crippen LogP contribution is -2.10. The highest BCUT2D eigenvalue weighted by Crippen LogP contribution is 2.08. The molecule has 1 heterocycles. The summed E-state index contributed by atoms with van der Waals surface area (Å²) < 4.78 is 1.73. The normalized spacial score (nSPS) is 11.4. The third-order valence-electron chi connectivity index (χ3n) is 3.00. The summed E-state index contributed by atoms with van der Waals surface area (Å²) in [4.78, 5) is 14.2. The van der Waals surface area contributed by atoms with Crippen molar-refractivity contribution >= 4 is 11.9 Å². The Labute approximate surface area is 119 Å². The van der Waals surface area contributed by atoms with Crippen molar-refractivity contribution < 1.29 is 4.79 Å². The number of benzene rings is 1. The lowest BCUT2D eigenvalue weighted by molar-refractivity contribution is 0.104. The Morgan fingerprint density at radius 3 is 2.50 bits per heavy atom. The SMILES string of the molecule is CN(C)Cc1ccc(C(=O)/C=C/c2ccnn2C)cc1. The van der Waals surface area contributed by atoms with Gasteiger partial charge in [0.15, 0.2) is 5.78 Å². The smallest absolute Gasteiger partial charge is 0.185 e. The molecule has 0 saturated heterocycles. The Hall–Kier alpha value is -2.20. The highest BCUT2D eigenvalue weighted by molar-refractivity contribution is 6.06. The maximum atomic E-state index is 12.1. The number of aromatic nitrogens is 2. The van der Waals surface area contributed by atoms with Gasteiger partial charge in [-0.1, -0.05) is 24.3 Å². The number of aryl methyl sites for hydroxylation is 1. The molecule has 1 aromatic carbocycles. The van der Waals surface area contributed by atoms with E-state index in [0.29, 0.717) is 5.56 Å². The van der Waals surface area contributed by atoms with E-state index in [4.69, 9.17) is 0 Å². The number of hydrogen-bond donors (Lipinski definition) is 0. The predicted octanol–water partition coefficient (Wildman–Crippen LogP) is 2.38. The second-order valence-corrected chi connectivity index (χ2v) is 5.01. The van der Waals surface area contributed by atoms with E-state index in [9.17, 15) is 4.79 Å². The molecule has 20 heavy (non-hydrogen) atoms. The lowest BCUT2D eigenvalue weighted by Gasteiger charge is -2.09. The largest absolute Gasteiger partial charge is 0.305 e. The number of nitrogens with zero attached hydrogens (tertiary/aromatic N) is 3. The van der Waals surface area contributed by atoms with E-state index in [1.54, 1.807) is 23.0 Å². The molecule has 0 fully saturated rings. The van der Waals surface area contributed by atoms with Crippen LogP contribution in [0.2, 0.25) is 0 Å². The lowest BCUT2D eigenvalue weighted by atomic mass is 10.1. The molecule has 0 unspecified atom stereocenters. The molecule has 0 saturated carbocycles. The van der Waals surface area contributed by atoms with E-state index in [1.165, 1.54) is 5.56 Å². The molecule has 4 nitrogen and oxygen atoms in total. The molecule has 104 valence electrons. The van der Waals surface area contributed by atoms with Crippen LogP contribution in [0, 0.1) is 0 Å². The summed E-state index contributed by atoms with van der Waals surface area (Å²) in [6, 6.07) is 9.59. The van der Waals surface area contributed by atoms with Crippen molar-refractivity contribution in [2.45, 2.75) is 6.54 Å².